The van der Waals surface area contributed by atoms with Gasteiger partial charge in [-0.05, 0) is 111 Å². The van der Waals surface area contributed by atoms with Crippen molar-refractivity contribution in [3.8, 4) is 5.75 Å². The third-order valence-electron chi connectivity index (χ3n) is 11.8. The molecule has 0 spiro atoms. The average Bonchev–Trinajstić information content (AvgIpc) is 3.37. The van der Waals surface area contributed by atoms with E-state index in [2.05, 4.69) is 32.0 Å². The average molecular weight is 620 g/mol. The summed E-state index contributed by atoms with van der Waals surface area (Å²) >= 11 is 0. The first-order valence-electron chi connectivity index (χ1n) is 16.8. The maximum atomic E-state index is 11.6. The Balaban J connectivity index is 1.10. The molecule has 1 heterocycles. The summed E-state index contributed by atoms with van der Waals surface area (Å²) in [7, 11) is 0. The Morgan fingerprint density at radius 2 is 1.76 bits per heavy atom. The maximum absolute atomic E-state index is 11.6. The van der Waals surface area contributed by atoms with Gasteiger partial charge in [-0.25, -0.2) is 0 Å². The molecule has 4 aliphatic carbocycles. The number of allylic oxidation sites excluding steroid dienone is 1. The summed E-state index contributed by atoms with van der Waals surface area (Å²) in [5, 5.41) is 4.62. The van der Waals surface area contributed by atoms with Crippen molar-refractivity contribution < 1.29 is 33.4 Å². The second kappa shape index (κ2) is 13.0. The number of carbonyl (C=O) groups is 2. The van der Waals surface area contributed by atoms with Gasteiger partial charge in [-0.1, -0.05) is 48.9 Å². The third-order valence-corrected chi connectivity index (χ3v) is 11.8. The van der Waals surface area contributed by atoms with Gasteiger partial charge in [0, 0.05) is 19.8 Å². The normalized spacial score (nSPS) is 39.1. The van der Waals surface area contributed by atoms with Gasteiger partial charge in [-0.3, -0.25) is 9.59 Å². The first-order valence-corrected chi connectivity index (χ1v) is 16.8. The molecular weight excluding hydrogens is 570 g/mol. The molecule has 0 aromatic heterocycles. The monoisotopic (exact) mass is 619 g/mol. The fourth-order valence-electron chi connectivity index (χ4n) is 9.63. The SMILES string of the molecule is CC(=O)OC[C@H]1OC(O[C@H]2CC[C@@]3(C)C(=CCC4C3CC[C@@]3(C)C4CC[C@@H]3/C(C)=N/Oc3ccccc3)C2)C=C[C@@H]1OC(C)=O. The molecule has 6 rings (SSSR count). The van der Waals surface area contributed by atoms with Crippen LogP contribution in [0.15, 0.2) is 59.3 Å². The number of rotatable bonds is 8. The third kappa shape index (κ3) is 6.50. The first-order chi connectivity index (χ1) is 21.6. The van der Waals surface area contributed by atoms with E-state index in [4.69, 9.17) is 23.8 Å². The molecule has 1 aromatic rings. The highest BCUT2D eigenvalue weighted by Gasteiger charge is 2.59. The molecule has 0 saturated heterocycles. The summed E-state index contributed by atoms with van der Waals surface area (Å²) in [6.45, 7) is 9.91. The van der Waals surface area contributed by atoms with Crippen LogP contribution in [-0.4, -0.2) is 48.9 Å². The number of para-hydroxylation sites is 1. The summed E-state index contributed by atoms with van der Waals surface area (Å²) in [5.41, 5.74) is 3.13. The van der Waals surface area contributed by atoms with Crippen molar-refractivity contribution >= 4 is 17.7 Å². The predicted octanol–water partition coefficient (Wildman–Crippen LogP) is 7.18. The molecule has 1 aromatic carbocycles. The number of benzene rings is 1. The molecule has 4 unspecified atom stereocenters. The van der Waals surface area contributed by atoms with Gasteiger partial charge in [0.15, 0.2) is 12.0 Å². The Bertz CT molecular complexity index is 1340. The quantitative estimate of drug-likeness (QED) is 0.132. The minimum Gasteiger partial charge on any atom is -0.463 e. The van der Waals surface area contributed by atoms with E-state index >= 15 is 0 Å². The molecule has 45 heavy (non-hydrogen) atoms. The van der Waals surface area contributed by atoms with Crippen LogP contribution in [-0.2, 0) is 28.5 Å². The number of esters is 2. The molecule has 0 N–H and O–H groups in total. The van der Waals surface area contributed by atoms with Gasteiger partial charge < -0.3 is 23.8 Å². The molecular formula is C37H49NO7. The Kier molecular flexibility index (Phi) is 9.26. The van der Waals surface area contributed by atoms with Crippen molar-refractivity contribution in [3.63, 3.8) is 0 Å². The predicted molar refractivity (Wildman–Crippen MR) is 170 cm³/mol. The van der Waals surface area contributed by atoms with Crippen LogP contribution in [0.5, 0.6) is 5.75 Å². The molecule has 10 atom stereocenters. The molecule has 0 radical (unpaired) electrons. The zero-order valence-corrected chi connectivity index (χ0v) is 27.4. The van der Waals surface area contributed by atoms with E-state index in [9.17, 15) is 9.59 Å². The molecule has 0 bridgehead atoms. The number of carbonyl (C=O) groups excluding carboxylic acids is 2. The standard InChI is InChI=1S/C37H49NO7/c1-23(38-45-27-9-7-6-8-10-27)30-13-14-31-29-12-11-26-21-28(17-19-36(26,4)32(29)18-20-37(30,31)5)43-35-16-15-33(42-25(3)40)34(44-35)22-41-24(2)39/h6-11,15-16,28-35H,12-14,17-22H2,1-5H3/b38-23+/t28-,29?,30+,31?,32?,33-,34+,35?,36-,37+/m0/s1. The summed E-state index contributed by atoms with van der Waals surface area (Å²) in [6, 6.07) is 9.86. The highest BCUT2D eigenvalue weighted by Crippen LogP contribution is 2.66. The summed E-state index contributed by atoms with van der Waals surface area (Å²) < 4.78 is 23.2. The highest BCUT2D eigenvalue weighted by molar-refractivity contribution is 5.85. The number of hydrogen-bond acceptors (Lipinski definition) is 8. The fraction of sp³-hybridized carbons (Fsp3) is 0.649. The molecule has 3 fully saturated rings. The molecule has 244 valence electrons. The van der Waals surface area contributed by atoms with E-state index in [0.717, 1.165) is 37.1 Å². The molecule has 8 heteroatoms. The molecule has 8 nitrogen and oxygen atoms in total. The van der Waals surface area contributed by atoms with E-state index in [1.54, 1.807) is 11.6 Å². The van der Waals surface area contributed by atoms with Gasteiger partial charge in [0.25, 0.3) is 0 Å². The maximum Gasteiger partial charge on any atom is 0.303 e. The second-order valence-corrected chi connectivity index (χ2v) is 14.4. The zero-order valence-electron chi connectivity index (χ0n) is 27.4. The first kappa shape index (κ1) is 32.0. The summed E-state index contributed by atoms with van der Waals surface area (Å²) in [6.07, 6.45) is 13.4. The molecule has 0 amide bonds. The van der Waals surface area contributed by atoms with Crippen molar-refractivity contribution in [3.05, 3.63) is 54.1 Å². The minimum atomic E-state index is -0.618. The number of oxime groups is 1. The van der Waals surface area contributed by atoms with Crippen molar-refractivity contribution in [2.75, 3.05) is 6.61 Å². The van der Waals surface area contributed by atoms with Crippen molar-refractivity contribution in [2.45, 2.75) is 111 Å². The van der Waals surface area contributed by atoms with Crippen molar-refractivity contribution in [1.29, 1.82) is 0 Å². The lowest BCUT2D eigenvalue weighted by molar-refractivity contribution is -0.213. The van der Waals surface area contributed by atoms with Crippen LogP contribution in [0.3, 0.4) is 0 Å². The lowest BCUT2D eigenvalue weighted by atomic mass is 9.47. The van der Waals surface area contributed by atoms with Crippen LogP contribution in [0.1, 0.15) is 86.0 Å². The number of nitrogens with zero attached hydrogens (tertiary/aromatic N) is 1. The summed E-state index contributed by atoms with van der Waals surface area (Å²) in [5.74, 6) is 2.53. The van der Waals surface area contributed by atoms with Crippen LogP contribution >= 0.6 is 0 Å². The number of hydrogen-bond donors (Lipinski definition) is 0. The Morgan fingerprint density at radius 3 is 2.51 bits per heavy atom. The number of fused-ring (bicyclic) bond motifs is 5. The van der Waals surface area contributed by atoms with Crippen molar-refractivity contribution in [1.82, 2.24) is 0 Å². The van der Waals surface area contributed by atoms with Gasteiger partial charge in [-0.15, -0.1) is 0 Å². The zero-order chi connectivity index (χ0) is 31.8. The van der Waals surface area contributed by atoms with E-state index in [-0.39, 0.29) is 23.5 Å². The van der Waals surface area contributed by atoms with Crippen LogP contribution in [0.4, 0.5) is 0 Å². The molecule has 5 aliphatic rings. The lowest BCUT2D eigenvalue weighted by Crippen LogP contribution is -2.51. The smallest absolute Gasteiger partial charge is 0.303 e. The van der Waals surface area contributed by atoms with Gasteiger partial charge in [0.1, 0.15) is 18.8 Å². The number of ether oxygens (including phenoxy) is 4. The second-order valence-electron chi connectivity index (χ2n) is 14.4. The van der Waals surface area contributed by atoms with Crippen LogP contribution in [0, 0.1) is 34.5 Å². The van der Waals surface area contributed by atoms with E-state index in [1.807, 2.05) is 36.4 Å². The van der Waals surface area contributed by atoms with Crippen molar-refractivity contribution in [2.24, 2.45) is 39.7 Å². The van der Waals surface area contributed by atoms with E-state index in [0.29, 0.717) is 23.7 Å². The van der Waals surface area contributed by atoms with Crippen LogP contribution < -0.4 is 4.84 Å². The lowest BCUT2D eigenvalue weighted by Gasteiger charge is -2.58. The fourth-order valence-corrected chi connectivity index (χ4v) is 9.63. The van der Waals surface area contributed by atoms with Gasteiger partial charge >= 0.3 is 11.9 Å². The van der Waals surface area contributed by atoms with E-state index < -0.39 is 30.4 Å². The van der Waals surface area contributed by atoms with Crippen LogP contribution in [0.25, 0.3) is 0 Å². The topological polar surface area (TPSA) is 92.7 Å². The Labute approximate surface area is 267 Å². The highest BCUT2D eigenvalue weighted by atomic mass is 16.7. The van der Waals surface area contributed by atoms with Crippen LogP contribution in [0.2, 0.25) is 0 Å². The molecule has 1 aliphatic heterocycles. The largest absolute Gasteiger partial charge is 0.463 e. The summed E-state index contributed by atoms with van der Waals surface area (Å²) in [4.78, 5) is 28.8. The van der Waals surface area contributed by atoms with Gasteiger partial charge in [-0.2, -0.15) is 0 Å². The van der Waals surface area contributed by atoms with Gasteiger partial charge in [0.05, 0.1) is 11.8 Å². The Morgan fingerprint density at radius 1 is 0.956 bits per heavy atom. The molecule has 3 saturated carbocycles. The Hall–Kier alpha value is -2.97. The van der Waals surface area contributed by atoms with E-state index in [1.165, 1.54) is 39.5 Å². The van der Waals surface area contributed by atoms with Gasteiger partial charge in [0.2, 0.25) is 0 Å². The minimum absolute atomic E-state index is 0.000805.